The summed E-state index contributed by atoms with van der Waals surface area (Å²) in [5, 5.41) is 14.6. The highest BCUT2D eigenvalue weighted by Crippen LogP contribution is 2.45. The smallest absolute Gasteiger partial charge is 0.162 e. The van der Waals surface area contributed by atoms with E-state index in [1.165, 1.54) is 94.5 Å². The number of hydrogen-bond donors (Lipinski definition) is 0. The van der Waals surface area contributed by atoms with Crippen LogP contribution in [0.5, 0.6) is 0 Å². The third-order valence-electron chi connectivity index (χ3n) is 20.3. The molecule has 8 heterocycles. The molecule has 0 aliphatic heterocycles. The number of para-hydroxylation sites is 6. The molecule has 0 fully saturated rings. The molecule has 0 N–H and O–H groups in total. The summed E-state index contributed by atoms with van der Waals surface area (Å²) in [5.74, 6) is 3.09. The van der Waals surface area contributed by atoms with Gasteiger partial charge >= 0.3 is 0 Å². The molecule has 0 aliphatic carbocycles. The highest BCUT2D eigenvalue weighted by Gasteiger charge is 2.24. The third kappa shape index (κ3) is 9.20. The van der Waals surface area contributed by atoms with Gasteiger partial charge < -0.3 is 9.13 Å². The van der Waals surface area contributed by atoms with Gasteiger partial charge in [0.25, 0.3) is 0 Å². The van der Waals surface area contributed by atoms with Crippen molar-refractivity contribution in [2.45, 2.75) is 0 Å². The maximum absolute atomic E-state index is 5.46. The zero-order valence-electron chi connectivity index (χ0n) is 54.7. The van der Waals surface area contributed by atoms with Gasteiger partial charge in [-0.25, -0.2) is 19.9 Å². The van der Waals surface area contributed by atoms with Crippen molar-refractivity contribution in [3.8, 4) is 68.3 Å². The van der Waals surface area contributed by atoms with Crippen LogP contribution in [0.1, 0.15) is 0 Å². The fourth-order valence-corrected chi connectivity index (χ4v) is 18.0. The van der Waals surface area contributed by atoms with E-state index < -0.39 is 0 Å². The van der Waals surface area contributed by atoms with E-state index in [9.17, 15) is 0 Å². The Morgan fingerprint density at radius 2 is 0.578 bits per heavy atom. The summed E-state index contributed by atoms with van der Waals surface area (Å²) < 4.78 is 14.5. The molecule has 0 radical (unpaired) electrons. The molecule has 0 bridgehead atoms. The lowest BCUT2D eigenvalue weighted by Crippen LogP contribution is -2.03. The number of fused-ring (bicyclic) bond motifs is 18. The molecular weight excluding hydrogens is 1280 g/mol. The quantitative estimate of drug-likeness (QED) is 0.152. The Morgan fingerprint density at radius 1 is 0.206 bits per heavy atom. The fourth-order valence-electron chi connectivity index (χ4n) is 15.8. The Labute approximate surface area is 592 Å². The number of hydrogen-bond acceptors (Lipinski definition) is 6. The minimum Gasteiger partial charge on any atom is -0.309 e. The van der Waals surface area contributed by atoms with Crippen LogP contribution in [0.2, 0.25) is 0 Å². The predicted octanol–water partition coefficient (Wildman–Crippen LogP) is 24.7. The SMILES string of the molecule is c1ccc(-c2cc(-n3c4ccccc4c4cc5c6ccccc6n(-c6ccccc6)c5cc43)nc(-c3ccc4sc5ccccc5c4c3)n2)cc1.c1ccc(-c2cc(-n3c4ccccc4c4cc5c6ccccc6n(-c6ccccc6)c5cc43)nc(-c3cccc4sc5ccccc5c34)n2)cc1. The first-order valence-corrected chi connectivity index (χ1v) is 36.0. The monoisotopic (exact) mass is 1340 g/mol. The largest absolute Gasteiger partial charge is 0.309 e. The van der Waals surface area contributed by atoms with Gasteiger partial charge in [-0.15, -0.1) is 22.7 Å². The van der Waals surface area contributed by atoms with Crippen LogP contribution in [0, 0.1) is 0 Å². The minimum absolute atomic E-state index is 0.703. The van der Waals surface area contributed by atoms with Crippen LogP contribution >= 0.6 is 22.7 Å². The Balaban J connectivity index is 0.000000133. The summed E-state index contributed by atoms with van der Waals surface area (Å²) in [6.45, 7) is 0. The van der Waals surface area contributed by atoms with Gasteiger partial charge in [-0.05, 0) is 109 Å². The molecule has 102 heavy (non-hydrogen) atoms. The highest BCUT2D eigenvalue weighted by molar-refractivity contribution is 7.26. The summed E-state index contributed by atoms with van der Waals surface area (Å²) in [6.07, 6.45) is 0. The topological polar surface area (TPSA) is 71.3 Å². The molecule has 0 aliphatic rings. The summed E-state index contributed by atoms with van der Waals surface area (Å²) in [4.78, 5) is 21.4. The average Bonchev–Trinajstić information content (AvgIpc) is 1.65. The molecule has 0 amide bonds. The van der Waals surface area contributed by atoms with Crippen molar-refractivity contribution < 1.29 is 0 Å². The molecule has 0 saturated carbocycles. The molecule has 476 valence electrons. The van der Waals surface area contributed by atoms with Gasteiger partial charge in [0, 0.05) is 129 Å². The second-order valence-corrected chi connectivity index (χ2v) is 28.2. The number of benzene rings is 14. The molecule has 0 unspecified atom stereocenters. The van der Waals surface area contributed by atoms with Gasteiger partial charge in [-0.3, -0.25) is 9.13 Å². The molecule has 22 rings (SSSR count). The van der Waals surface area contributed by atoms with Crippen molar-refractivity contribution in [1.82, 2.24) is 38.2 Å². The van der Waals surface area contributed by atoms with Crippen molar-refractivity contribution in [1.29, 1.82) is 0 Å². The molecular formula is C92H56N8S2. The van der Waals surface area contributed by atoms with Gasteiger partial charge in [0.05, 0.1) is 55.5 Å². The molecule has 22 aromatic rings. The zero-order chi connectivity index (χ0) is 66.9. The second kappa shape index (κ2) is 23.3. The first kappa shape index (κ1) is 57.9. The van der Waals surface area contributed by atoms with Crippen LogP contribution in [0.25, 0.3) is 196 Å². The van der Waals surface area contributed by atoms with E-state index in [-0.39, 0.29) is 0 Å². The van der Waals surface area contributed by atoms with E-state index in [4.69, 9.17) is 19.9 Å². The van der Waals surface area contributed by atoms with Gasteiger partial charge in [-0.2, -0.15) is 0 Å². The highest BCUT2D eigenvalue weighted by atomic mass is 32.1. The van der Waals surface area contributed by atoms with Crippen LogP contribution in [-0.2, 0) is 0 Å². The molecule has 0 spiro atoms. The lowest BCUT2D eigenvalue weighted by molar-refractivity contribution is 1.05. The first-order chi connectivity index (χ1) is 50.6. The lowest BCUT2D eigenvalue weighted by atomic mass is 10.1. The van der Waals surface area contributed by atoms with E-state index in [2.05, 4.69) is 352 Å². The Kier molecular flexibility index (Phi) is 13.2. The molecule has 10 heteroatoms. The van der Waals surface area contributed by atoms with Crippen LogP contribution in [-0.4, -0.2) is 38.2 Å². The Bertz CT molecular complexity index is 7120. The summed E-state index contributed by atoms with van der Waals surface area (Å²) in [7, 11) is 0. The number of thiophene rings is 2. The van der Waals surface area contributed by atoms with Crippen molar-refractivity contribution in [3.63, 3.8) is 0 Å². The molecule has 8 aromatic heterocycles. The van der Waals surface area contributed by atoms with E-state index >= 15 is 0 Å². The number of rotatable bonds is 8. The van der Waals surface area contributed by atoms with E-state index in [0.29, 0.717) is 11.6 Å². The fraction of sp³-hybridized carbons (Fsp3) is 0. The van der Waals surface area contributed by atoms with E-state index in [1.54, 1.807) is 0 Å². The van der Waals surface area contributed by atoms with Crippen LogP contribution in [0.15, 0.2) is 340 Å². The molecule has 8 nitrogen and oxygen atoms in total. The van der Waals surface area contributed by atoms with Crippen LogP contribution in [0.4, 0.5) is 0 Å². The summed E-state index contributed by atoms with van der Waals surface area (Å²) in [6, 6.07) is 121. The van der Waals surface area contributed by atoms with Crippen molar-refractivity contribution in [2.24, 2.45) is 0 Å². The summed E-state index contributed by atoms with van der Waals surface area (Å²) in [5.41, 5.74) is 17.3. The lowest BCUT2D eigenvalue weighted by Gasteiger charge is -2.13. The third-order valence-corrected chi connectivity index (χ3v) is 22.5. The first-order valence-electron chi connectivity index (χ1n) is 34.3. The van der Waals surface area contributed by atoms with Gasteiger partial charge in [-0.1, -0.05) is 218 Å². The van der Waals surface area contributed by atoms with Crippen molar-refractivity contribution in [2.75, 3.05) is 0 Å². The van der Waals surface area contributed by atoms with Crippen molar-refractivity contribution >= 4 is 150 Å². The van der Waals surface area contributed by atoms with Gasteiger partial charge in [0.2, 0.25) is 0 Å². The standard InChI is InChI=1S/2C46H28N4S/c1-3-14-29(15-4-1)37-27-44(48-46(47-37)34-21-13-25-43-45(34)33-20-9-12-24-42(33)51-43)50-39-23-11-8-19-32(39)36-26-35-31-18-7-10-22-38(31)49(40(35)28-41(36)50)30-16-5-2-6-17-30;1-3-13-29(14-4-1)38-27-45(48-46(47-38)30-23-24-44-37(25-30)34-19-9-12-22-43(34)51-44)50-40-21-11-8-18-33(40)36-26-35-32-17-7-10-20-39(32)49(41(35)28-42(36)50)31-15-5-2-6-16-31/h2*1-28H. The number of aromatic nitrogens is 8. The summed E-state index contributed by atoms with van der Waals surface area (Å²) >= 11 is 3.64. The van der Waals surface area contributed by atoms with Crippen LogP contribution < -0.4 is 0 Å². The Hall–Kier alpha value is -13.1. The van der Waals surface area contributed by atoms with E-state index in [0.717, 1.165) is 89.8 Å². The zero-order valence-corrected chi connectivity index (χ0v) is 56.4. The predicted molar refractivity (Wildman–Crippen MR) is 429 cm³/mol. The number of nitrogens with zero attached hydrogens (tertiary/aromatic N) is 8. The van der Waals surface area contributed by atoms with Crippen molar-refractivity contribution in [3.05, 3.63) is 340 Å². The normalized spacial score (nSPS) is 11.9. The minimum atomic E-state index is 0.703. The van der Waals surface area contributed by atoms with Gasteiger partial charge in [0.1, 0.15) is 11.6 Å². The second-order valence-electron chi connectivity index (χ2n) is 26.0. The molecule has 0 atom stereocenters. The maximum atomic E-state index is 5.46. The molecule has 14 aromatic carbocycles. The average molecular weight is 1340 g/mol. The Morgan fingerprint density at radius 3 is 1.09 bits per heavy atom. The van der Waals surface area contributed by atoms with E-state index in [1.807, 2.05) is 28.7 Å². The van der Waals surface area contributed by atoms with Crippen LogP contribution in [0.3, 0.4) is 0 Å². The van der Waals surface area contributed by atoms with Gasteiger partial charge in [0.15, 0.2) is 11.6 Å². The molecule has 0 saturated heterocycles. The maximum Gasteiger partial charge on any atom is 0.162 e.